The van der Waals surface area contributed by atoms with Gasteiger partial charge in [0.1, 0.15) is 0 Å². The van der Waals surface area contributed by atoms with Crippen molar-refractivity contribution in [2.24, 2.45) is 0 Å². The second-order valence-electron chi connectivity index (χ2n) is 5.83. The highest BCUT2D eigenvalue weighted by atomic mass is 79.9. The van der Waals surface area contributed by atoms with Crippen LogP contribution in [0.25, 0.3) is 0 Å². The van der Waals surface area contributed by atoms with Crippen LogP contribution in [0.2, 0.25) is 0 Å². The molecule has 2 saturated heterocycles. The first-order valence-electron chi connectivity index (χ1n) is 7.12. The Bertz CT molecular complexity index is 534. The van der Waals surface area contributed by atoms with E-state index in [0.29, 0.717) is 23.3 Å². The van der Waals surface area contributed by atoms with Crippen LogP contribution in [-0.2, 0) is 0 Å². The normalized spacial score (nSPS) is 26.6. The summed E-state index contributed by atoms with van der Waals surface area (Å²) in [5.41, 5.74) is 7.11. The summed E-state index contributed by atoms with van der Waals surface area (Å²) in [6.45, 7) is 1.67. The van der Waals surface area contributed by atoms with Gasteiger partial charge in [-0.3, -0.25) is 9.69 Å². The Labute approximate surface area is 128 Å². The first-order valence-corrected chi connectivity index (χ1v) is 7.92. The smallest absolute Gasteiger partial charge is 0.255 e. The molecule has 2 N–H and O–H groups in total. The highest BCUT2D eigenvalue weighted by Gasteiger charge is 2.36. The molecular formula is C15H20BrN3O. The Morgan fingerprint density at radius 1 is 1.30 bits per heavy atom. The predicted octanol–water partition coefficient (Wildman–Crippen LogP) is 2.34. The summed E-state index contributed by atoms with van der Waals surface area (Å²) in [6, 6.07) is 6.56. The number of likely N-dealkylation sites (tertiary alicyclic amines) is 1. The number of anilines is 1. The van der Waals surface area contributed by atoms with Gasteiger partial charge in [0.05, 0.1) is 5.56 Å². The molecule has 108 valence electrons. The molecule has 0 saturated carbocycles. The van der Waals surface area contributed by atoms with Crippen LogP contribution in [0, 0.1) is 0 Å². The number of hydrogen-bond acceptors (Lipinski definition) is 3. The number of fused-ring (bicyclic) bond motifs is 2. The Morgan fingerprint density at radius 2 is 2.05 bits per heavy atom. The number of amides is 1. The maximum absolute atomic E-state index is 12.7. The molecule has 2 aliphatic rings. The van der Waals surface area contributed by atoms with Crippen LogP contribution in [0.4, 0.5) is 5.69 Å². The summed E-state index contributed by atoms with van der Waals surface area (Å²) in [7, 11) is 2.19. The monoisotopic (exact) mass is 337 g/mol. The molecule has 0 aliphatic carbocycles. The number of nitrogens with zero attached hydrogens (tertiary/aromatic N) is 2. The summed E-state index contributed by atoms with van der Waals surface area (Å²) >= 11 is 3.46. The number of hydrogen-bond donors (Lipinski definition) is 1. The molecule has 4 nitrogen and oxygen atoms in total. The number of benzene rings is 1. The number of carbonyl (C=O) groups excluding carboxylic acids is 1. The fourth-order valence-corrected chi connectivity index (χ4v) is 3.79. The van der Waals surface area contributed by atoms with Crippen molar-refractivity contribution in [1.29, 1.82) is 0 Å². The third-order valence-corrected chi connectivity index (χ3v) is 5.35. The number of carbonyl (C=O) groups is 1. The quantitative estimate of drug-likeness (QED) is 0.800. The van der Waals surface area contributed by atoms with E-state index in [-0.39, 0.29) is 5.91 Å². The van der Waals surface area contributed by atoms with E-state index in [1.54, 1.807) is 12.1 Å². The standard InChI is InChI=1S/C15H20BrN3O/c1-18-11-3-4-12(18)9-19(7-6-11)15(20)13-8-10(17)2-5-14(13)16/h2,5,8,11-12H,3-4,6-7,9,17H2,1H3. The Kier molecular flexibility index (Phi) is 3.73. The maximum Gasteiger partial charge on any atom is 0.255 e. The first-order chi connectivity index (χ1) is 9.56. The van der Waals surface area contributed by atoms with Crippen molar-refractivity contribution in [3.63, 3.8) is 0 Å². The van der Waals surface area contributed by atoms with Gasteiger partial charge in [-0.15, -0.1) is 0 Å². The molecule has 2 unspecified atom stereocenters. The van der Waals surface area contributed by atoms with E-state index in [1.807, 2.05) is 11.0 Å². The molecule has 1 aromatic carbocycles. The minimum atomic E-state index is 0.0881. The molecule has 2 heterocycles. The molecule has 2 atom stereocenters. The zero-order valence-electron chi connectivity index (χ0n) is 11.7. The molecule has 1 aromatic rings. The van der Waals surface area contributed by atoms with Gasteiger partial charge >= 0.3 is 0 Å². The second-order valence-corrected chi connectivity index (χ2v) is 6.68. The third-order valence-electron chi connectivity index (χ3n) is 4.66. The van der Waals surface area contributed by atoms with Gasteiger partial charge in [0, 0.05) is 35.3 Å². The van der Waals surface area contributed by atoms with E-state index in [1.165, 1.54) is 12.8 Å². The van der Waals surface area contributed by atoms with Gasteiger partial charge in [0.2, 0.25) is 0 Å². The van der Waals surface area contributed by atoms with E-state index in [9.17, 15) is 4.79 Å². The van der Waals surface area contributed by atoms with Gasteiger partial charge in [-0.2, -0.15) is 0 Å². The number of halogens is 1. The molecule has 1 amide bonds. The summed E-state index contributed by atoms with van der Waals surface area (Å²) in [4.78, 5) is 17.2. The lowest BCUT2D eigenvalue weighted by molar-refractivity contribution is 0.0739. The molecule has 0 spiro atoms. The number of nitrogens with two attached hydrogens (primary N) is 1. The molecule has 0 radical (unpaired) electrons. The molecular weight excluding hydrogens is 318 g/mol. The zero-order valence-corrected chi connectivity index (χ0v) is 13.3. The van der Waals surface area contributed by atoms with Crippen LogP contribution in [0.5, 0.6) is 0 Å². The first kappa shape index (κ1) is 13.9. The van der Waals surface area contributed by atoms with E-state index in [2.05, 4.69) is 27.9 Å². The van der Waals surface area contributed by atoms with Crippen LogP contribution in [-0.4, -0.2) is 47.9 Å². The van der Waals surface area contributed by atoms with Gasteiger partial charge in [-0.25, -0.2) is 0 Å². The van der Waals surface area contributed by atoms with E-state index in [4.69, 9.17) is 5.73 Å². The maximum atomic E-state index is 12.7. The lowest BCUT2D eigenvalue weighted by Gasteiger charge is -2.26. The average molecular weight is 338 g/mol. The molecule has 5 heteroatoms. The predicted molar refractivity (Wildman–Crippen MR) is 83.6 cm³/mol. The third kappa shape index (κ3) is 2.44. The van der Waals surface area contributed by atoms with Gasteiger partial charge in [0.25, 0.3) is 5.91 Å². The molecule has 3 rings (SSSR count). The van der Waals surface area contributed by atoms with Crippen molar-refractivity contribution < 1.29 is 4.79 Å². The molecule has 2 bridgehead atoms. The number of likely N-dealkylation sites (N-methyl/N-ethyl adjacent to an activating group) is 1. The van der Waals surface area contributed by atoms with Crippen LogP contribution < -0.4 is 5.73 Å². The van der Waals surface area contributed by atoms with E-state index < -0.39 is 0 Å². The van der Waals surface area contributed by atoms with Crippen molar-refractivity contribution in [3.8, 4) is 0 Å². The highest BCUT2D eigenvalue weighted by Crippen LogP contribution is 2.30. The molecule has 20 heavy (non-hydrogen) atoms. The number of nitrogen functional groups attached to an aromatic ring is 1. The largest absolute Gasteiger partial charge is 0.399 e. The lowest BCUT2D eigenvalue weighted by Crippen LogP contribution is -2.39. The van der Waals surface area contributed by atoms with Crippen LogP contribution >= 0.6 is 15.9 Å². The summed E-state index contributed by atoms with van der Waals surface area (Å²) in [5.74, 6) is 0.0881. The highest BCUT2D eigenvalue weighted by molar-refractivity contribution is 9.10. The van der Waals surface area contributed by atoms with Gasteiger partial charge in [-0.05, 0) is 60.4 Å². The summed E-state index contributed by atoms with van der Waals surface area (Å²) in [6.07, 6.45) is 3.53. The Hall–Kier alpha value is -1.07. The molecule has 2 aliphatic heterocycles. The second kappa shape index (κ2) is 5.37. The van der Waals surface area contributed by atoms with Gasteiger partial charge < -0.3 is 10.6 Å². The summed E-state index contributed by atoms with van der Waals surface area (Å²) in [5, 5.41) is 0. The fraction of sp³-hybridized carbons (Fsp3) is 0.533. The SMILES string of the molecule is CN1C2CCC1CN(C(=O)c1cc(N)ccc1Br)CC2. The van der Waals surface area contributed by atoms with Gasteiger partial charge in [-0.1, -0.05) is 0 Å². The van der Waals surface area contributed by atoms with E-state index >= 15 is 0 Å². The average Bonchev–Trinajstić information content (AvgIpc) is 2.65. The Morgan fingerprint density at radius 3 is 2.85 bits per heavy atom. The van der Waals surface area contributed by atoms with Crippen molar-refractivity contribution in [1.82, 2.24) is 9.80 Å². The Balaban J connectivity index is 1.82. The minimum absolute atomic E-state index is 0.0881. The van der Waals surface area contributed by atoms with Crippen molar-refractivity contribution in [3.05, 3.63) is 28.2 Å². The van der Waals surface area contributed by atoms with Crippen LogP contribution in [0.1, 0.15) is 29.6 Å². The van der Waals surface area contributed by atoms with E-state index in [0.717, 1.165) is 24.0 Å². The topological polar surface area (TPSA) is 49.6 Å². The number of rotatable bonds is 1. The lowest BCUT2D eigenvalue weighted by atomic mass is 10.1. The van der Waals surface area contributed by atoms with Gasteiger partial charge in [0.15, 0.2) is 0 Å². The van der Waals surface area contributed by atoms with Crippen molar-refractivity contribution >= 4 is 27.5 Å². The fourth-order valence-electron chi connectivity index (χ4n) is 3.37. The summed E-state index contributed by atoms with van der Waals surface area (Å²) < 4.78 is 0.819. The molecule has 2 fully saturated rings. The zero-order chi connectivity index (χ0) is 14.3. The van der Waals surface area contributed by atoms with Crippen molar-refractivity contribution in [2.75, 3.05) is 25.9 Å². The van der Waals surface area contributed by atoms with Crippen LogP contribution in [0.3, 0.4) is 0 Å². The minimum Gasteiger partial charge on any atom is -0.399 e. The molecule has 0 aromatic heterocycles. The van der Waals surface area contributed by atoms with Crippen LogP contribution in [0.15, 0.2) is 22.7 Å². The van der Waals surface area contributed by atoms with Crippen molar-refractivity contribution in [2.45, 2.75) is 31.3 Å².